The van der Waals surface area contributed by atoms with Crippen molar-refractivity contribution in [2.45, 2.75) is 32.2 Å². The van der Waals surface area contributed by atoms with Crippen molar-refractivity contribution in [3.05, 3.63) is 35.7 Å². The van der Waals surface area contributed by atoms with E-state index in [2.05, 4.69) is 4.98 Å². The van der Waals surface area contributed by atoms with Crippen LogP contribution in [-0.2, 0) is 4.79 Å². The topological polar surface area (TPSA) is 70.5 Å². The fourth-order valence-electron chi connectivity index (χ4n) is 2.11. The van der Waals surface area contributed by atoms with Gasteiger partial charge in [-0.1, -0.05) is 13.0 Å². The van der Waals surface area contributed by atoms with Gasteiger partial charge in [-0.05, 0) is 31.4 Å². The Balaban J connectivity index is 2.26. The molecule has 20 heavy (non-hydrogen) atoms. The highest BCUT2D eigenvalue weighted by molar-refractivity contribution is 5.97. The summed E-state index contributed by atoms with van der Waals surface area (Å²) in [5.74, 6) is -1.15. The fourth-order valence-corrected chi connectivity index (χ4v) is 2.11. The fraction of sp³-hybridized carbons (Fsp3) is 0.400. The number of hydrogen-bond donors (Lipinski definition) is 1. The molecule has 1 amide bonds. The van der Waals surface area contributed by atoms with Crippen molar-refractivity contribution in [3.8, 4) is 0 Å². The Bertz CT molecular complexity index is 536. The molecule has 1 aromatic rings. The number of carbonyl (C=O) groups excluding carboxylic acids is 1. The molecule has 1 aromatic heterocycles. The molecular weight excluding hydrogens is 256 g/mol. The molecule has 1 heterocycles. The van der Waals surface area contributed by atoms with E-state index in [1.807, 2.05) is 11.8 Å². The number of nitrogens with zero attached hydrogens (tertiary/aromatic N) is 2. The summed E-state index contributed by atoms with van der Waals surface area (Å²) in [6.45, 7) is 2.74. The summed E-state index contributed by atoms with van der Waals surface area (Å²) in [6.07, 6.45) is 6.98. The first-order valence-electron chi connectivity index (χ1n) is 6.80. The lowest BCUT2D eigenvalue weighted by molar-refractivity contribution is -0.131. The first kappa shape index (κ1) is 14.2. The van der Waals surface area contributed by atoms with E-state index in [4.69, 9.17) is 5.11 Å². The second-order valence-corrected chi connectivity index (χ2v) is 4.84. The number of carboxylic acid groups (broad SMARTS) is 1. The van der Waals surface area contributed by atoms with Crippen molar-refractivity contribution in [1.29, 1.82) is 0 Å². The maximum absolute atomic E-state index is 12.6. The standard InChI is InChI=1S/C15H18N2O3/c1-2-10-17(12-6-7-12)15(20)14-11(4-3-9-16-14)5-8-13(18)19/h3-5,8-9,12H,2,6-7,10H2,1H3,(H,18,19)/b8-5+. The molecule has 1 N–H and O–H groups in total. The summed E-state index contributed by atoms with van der Waals surface area (Å²) in [5, 5.41) is 8.69. The predicted molar refractivity (Wildman–Crippen MR) is 75.3 cm³/mol. The molecule has 0 atom stereocenters. The highest BCUT2D eigenvalue weighted by Gasteiger charge is 2.33. The van der Waals surface area contributed by atoms with Crippen molar-refractivity contribution in [2.75, 3.05) is 6.54 Å². The van der Waals surface area contributed by atoms with Gasteiger partial charge >= 0.3 is 5.97 Å². The van der Waals surface area contributed by atoms with Crippen LogP contribution < -0.4 is 0 Å². The Labute approximate surface area is 117 Å². The SMILES string of the molecule is CCCN(C(=O)c1ncccc1/C=C/C(=O)O)C1CC1. The molecular formula is C15H18N2O3. The molecule has 0 spiro atoms. The summed E-state index contributed by atoms with van der Waals surface area (Å²) in [7, 11) is 0. The summed E-state index contributed by atoms with van der Waals surface area (Å²) in [5.41, 5.74) is 0.868. The number of pyridine rings is 1. The van der Waals surface area contributed by atoms with E-state index in [1.54, 1.807) is 18.3 Å². The van der Waals surface area contributed by atoms with E-state index >= 15 is 0 Å². The van der Waals surface area contributed by atoms with Gasteiger partial charge in [0.2, 0.25) is 0 Å². The zero-order valence-corrected chi connectivity index (χ0v) is 11.5. The van der Waals surface area contributed by atoms with Crippen molar-refractivity contribution >= 4 is 18.0 Å². The van der Waals surface area contributed by atoms with Gasteiger partial charge < -0.3 is 10.0 Å². The summed E-state index contributed by atoms with van der Waals surface area (Å²) < 4.78 is 0. The third-order valence-corrected chi connectivity index (χ3v) is 3.16. The first-order chi connectivity index (χ1) is 9.63. The van der Waals surface area contributed by atoms with Crippen LogP contribution in [0.3, 0.4) is 0 Å². The van der Waals surface area contributed by atoms with Gasteiger partial charge in [-0.25, -0.2) is 4.79 Å². The average Bonchev–Trinajstić information content (AvgIpc) is 3.26. The van der Waals surface area contributed by atoms with E-state index in [0.717, 1.165) is 25.3 Å². The van der Waals surface area contributed by atoms with Gasteiger partial charge in [0.15, 0.2) is 0 Å². The number of amides is 1. The number of aromatic nitrogens is 1. The molecule has 0 bridgehead atoms. The molecule has 0 aromatic carbocycles. The normalized spacial score (nSPS) is 14.4. The summed E-state index contributed by atoms with van der Waals surface area (Å²) in [4.78, 5) is 29.2. The molecule has 0 unspecified atom stereocenters. The lowest BCUT2D eigenvalue weighted by Gasteiger charge is -2.21. The van der Waals surface area contributed by atoms with Gasteiger partial charge in [0.1, 0.15) is 5.69 Å². The van der Waals surface area contributed by atoms with Crippen molar-refractivity contribution in [3.63, 3.8) is 0 Å². The maximum Gasteiger partial charge on any atom is 0.328 e. The molecule has 1 fully saturated rings. The molecule has 2 rings (SSSR count). The van der Waals surface area contributed by atoms with E-state index in [-0.39, 0.29) is 5.91 Å². The maximum atomic E-state index is 12.6. The minimum absolute atomic E-state index is 0.111. The Hall–Kier alpha value is -2.17. The van der Waals surface area contributed by atoms with Crippen LogP contribution in [0, 0.1) is 0 Å². The van der Waals surface area contributed by atoms with Crippen molar-refractivity contribution in [2.24, 2.45) is 0 Å². The molecule has 106 valence electrons. The van der Waals surface area contributed by atoms with Gasteiger partial charge in [0.25, 0.3) is 5.91 Å². The number of hydrogen-bond acceptors (Lipinski definition) is 3. The van der Waals surface area contributed by atoms with E-state index < -0.39 is 5.97 Å². The minimum atomic E-state index is -1.04. The largest absolute Gasteiger partial charge is 0.478 e. The average molecular weight is 274 g/mol. The van der Waals surface area contributed by atoms with Crippen molar-refractivity contribution < 1.29 is 14.7 Å². The molecule has 1 saturated carbocycles. The second-order valence-electron chi connectivity index (χ2n) is 4.84. The molecule has 1 aliphatic carbocycles. The Morgan fingerprint density at radius 2 is 2.25 bits per heavy atom. The van der Waals surface area contributed by atoms with Crippen LogP contribution in [0.5, 0.6) is 0 Å². The lowest BCUT2D eigenvalue weighted by atomic mass is 10.1. The van der Waals surface area contributed by atoms with E-state index in [9.17, 15) is 9.59 Å². The zero-order chi connectivity index (χ0) is 14.5. The first-order valence-corrected chi connectivity index (χ1v) is 6.80. The third-order valence-electron chi connectivity index (χ3n) is 3.16. The summed E-state index contributed by atoms with van der Waals surface area (Å²) >= 11 is 0. The Morgan fingerprint density at radius 3 is 2.85 bits per heavy atom. The van der Waals surface area contributed by atoms with Crippen LogP contribution in [-0.4, -0.2) is 39.5 Å². The third kappa shape index (κ3) is 3.44. The molecule has 5 heteroatoms. The van der Waals surface area contributed by atoms with Crippen LogP contribution in [0.1, 0.15) is 42.2 Å². The molecule has 0 aliphatic heterocycles. The minimum Gasteiger partial charge on any atom is -0.478 e. The summed E-state index contributed by atoms with van der Waals surface area (Å²) in [6, 6.07) is 3.72. The van der Waals surface area contributed by atoms with Gasteiger partial charge in [0.05, 0.1) is 0 Å². The van der Waals surface area contributed by atoms with E-state index in [1.165, 1.54) is 6.08 Å². The zero-order valence-electron chi connectivity index (χ0n) is 11.5. The molecule has 1 aliphatic rings. The van der Waals surface area contributed by atoms with Crippen LogP contribution in [0.2, 0.25) is 0 Å². The number of carbonyl (C=O) groups is 2. The van der Waals surface area contributed by atoms with Gasteiger partial charge in [0, 0.05) is 30.4 Å². The van der Waals surface area contributed by atoms with E-state index in [0.29, 0.717) is 23.8 Å². The predicted octanol–water partition coefficient (Wildman–Crippen LogP) is 2.19. The lowest BCUT2D eigenvalue weighted by Crippen LogP contribution is -2.34. The highest BCUT2D eigenvalue weighted by atomic mass is 16.4. The monoisotopic (exact) mass is 274 g/mol. The molecule has 0 radical (unpaired) electrons. The smallest absolute Gasteiger partial charge is 0.328 e. The number of rotatable bonds is 6. The van der Waals surface area contributed by atoms with Gasteiger partial charge in [-0.15, -0.1) is 0 Å². The number of carboxylic acids is 1. The quantitative estimate of drug-likeness (QED) is 0.807. The van der Waals surface area contributed by atoms with Gasteiger partial charge in [-0.2, -0.15) is 0 Å². The van der Waals surface area contributed by atoms with Crippen LogP contribution >= 0.6 is 0 Å². The van der Waals surface area contributed by atoms with Crippen LogP contribution in [0.15, 0.2) is 24.4 Å². The highest BCUT2D eigenvalue weighted by Crippen LogP contribution is 2.28. The molecule has 5 nitrogen and oxygen atoms in total. The van der Waals surface area contributed by atoms with Crippen molar-refractivity contribution in [1.82, 2.24) is 9.88 Å². The van der Waals surface area contributed by atoms with Crippen LogP contribution in [0.25, 0.3) is 6.08 Å². The van der Waals surface area contributed by atoms with Gasteiger partial charge in [-0.3, -0.25) is 9.78 Å². The Morgan fingerprint density at radius 1 is 1.50 bits per heavy atom. The molecule has 0 saturated heterocycles. The Kier molecular flexibility index (Phi) is 4.50. The number of aliphatic carboxylic acids is 1. The van der Waals surface area contributed by atoms with Crippen LogP contribution in [0.4, 0.5) is 0 Å². The second kappa shape index (κ2) is 6.32.